The van der Waals surface area contributed by atoms with Crippen molar-refractivity contribution in [2.45, 2.75) is 70.0 Å². The predicted octanol–water partition coefficient (Wildman–Crippen LogP) is 4.21. The van der Waals surface area contributed by atoms with Gasteiger partial charge in [-0.15, -0.1) is 0 Å². The Kier molecular flexibility index (Phi) is 5.18. The fourth-order valence-electron chi connectivity index (χ4n) is 4.35. The summed E-state index contributed by atoms with van der Waals surface area (Å²) in [5.74, 6) is 2.30. The molecular formula is C19H31NO. The molecule has 0 amide bonds. The van der Waals surface area contributed by atoms with Crippen LogP contribution in [0.1, 0.15) is 57.8 Å². The lowest BCUT2D eigenvalue weighted by Gasteiger charge is -2.45. The van der Waals surface area contributed by atoms with Crippen LogP contribution in [0.4, 0.5) is 0 Å². The molecular weight excluding hydrogens is 258 g/mol. The Balaban J connectivity index is 1.37. The molecule has 4 fully saturated rings. The highest BCUT2D eigenvalue weighted by atomic mass is 16.5. The molecule has 2 nitrogen and oxygen atoms in total. The van der Waals surface area contributed by atoms with Crippen LogP contribution in [-0.2, 0) is 4.74 Å². The molecule has 2 aliphatic heterocycles. The maximum atomic E-state index is 5.83. The molecule has 5 atom stereocenters. The highest BCUT2D eigenvalue weighted by Gasteiger charge is 2.39. The van der Waals surface area contributed by atoms with E-state index in [4.69, 9.17) is 10.5 Å². The van der Waals surface area contributed by atoms with Crippen molar-refractivity contribution < 1.29 is 4.74 Å². The summed E-state index contributed by atoms with van der Waals surface area (Å²) in [6.07, 6.45) is 17.5. The Morgan fingerprint density at radius 3 is 2.67 bits per heavy atom. The van der Waals surface area contributed by atoms with Gasteiger partial charge < -0.3 is 10.5 Å². The Bertz CT molecular complexity index is 380. The number of fused-ring (bicyclic) bond motifs is 2. The van der Waals surface area contributed by atoms with Crippen LogP contribution in [-0.4, -0.2) is 18.8 Å². The first-order chi connectivity index (χ1) is 10.2. The molecule has 0 spiro atoms. The molecule has 2 saturated carbocycles. The monoisotopic (exact) mass is 289 g/mol. The lowest BCUT2D eigenvalue weighted by atomic mass is 9.78. The Morgan fingerprint density at radius 1 is 1.14 bits per heavy atom. The van der Waals surface area contributed by atoms with Crippen molar-refractivity contribution in [1.29, 1.82) is 0 Å². The van der Waals surface area contributed by atoms with E-state index in [1.165, 1.54) is 56.9 Å². The number of rotatable bonds is 6. The summed E-state index contributed by atoms with van der Waals surface area (Å²) in [6, 6.07) is 0. The SMILES string of the molecule is C=C(/C=C\C1CCC2CC1O2)CCC1CCCC(CN)C1. The van der Waals surface area contributed by atoms with Crippen molar-refractivity contribution in [3.05, 3.63) is 24.3 Å². The molecule has 2 aliphatic carbocycles. The summed E-state index contributed by atoms with van der Waals surface area (Å²) >= 11 is 0. The van der Waals surface area contributed by atoms with Gasteiger partial charge in [0.15, 0.2) is 0 Å². The standard InChI is InChI=1S/C19H31NO/c1-14(5-7-15-3-2-4-16(11-15)13-20)6-8-17-9-10-18-12-19(17)21-18/h6,8,15-19H,1-5,7,9-13,20H2/b8-6-. The average Bonchev–Trinajstić information content (AvgIpc) is 2.50. The third kappa shape index (κ3) is 3.98. The first kappa shape index (κ1) is 15.3. The van der Waals surface area contributed by atoms with Crippen molar-refractivity contribution in [1.82, 2.24) is 0 Å². The van der Waals surface area contributed by atoms with Crippen molar-refractivity contribution in [2.24, 2.45) is 23.5 Å². The average molecular weight is 289 g/mol. The molecule has 21 heavy (non-hydrogen) atoms. The molecule has 0 aromatic rings. The lowest BCUT2D eigenvalue weighted by Crippen LogP contribution is -2.46. The molecule has 0 aromatic heterocycles. The molecule has 5 unspecified atom stereocenters. The van der Waals surface area contributed by atoms with Crippen LogP contribution in [0.15, 0.2) is 24.3 Å². The van der Waals surface area contributed by atoms with Crippen molar-refractivity contribution in [3.63, 3.8) is 0 Å². The van der Waals surface area contributed by atoms with E-state index in [1.54, 1.807) is 0 Å². The molecule has 2 saturated heterocycles. The van der Waals surface area contributed by atoms with Crippen molar-refractivity contribution >= 4 is 0 Å². The van der Waals surface area contributed by atoms with Crippen LogP contribution in [0, 0.1) is 17.8 Å². The molecule has 118 valence electrons. The maximum absolute atomic E-state index is 5.83. The zero-order valence-corrected chi connectivity index (χ0v) is 13.3. The van der Waals surface area contributed by atoms with Gasteiger partial charge in [-0.05, 0) is 56.9 Å². The number of hydrogen-bond acceptors (Lipinski definition) is 2. The van der Waals surface area contributed by atoms with Crippen LogP contribution in [0.25, 0.3) is 0 Å². The summed E-state index contributed by atoms with van der Waals surface area (Å²) in [7, 11) is 0. The minimum Gasteiger partial charge on any atom is -0.374 e. The molecule has 4 aliphatic rings. The van der Waals surface area contributed by atoms with Gasteiger partial charge in [0.1, 0.15) is 0 Å². The van der Waals surface area contributed by atoms with Crippen LogP contribution in [0.3, 0.4) is 0 Å². The van der Waals surface area contributed by atoms with Gasteiger partial charge in [-0.2, -0.15) is 0 Å². The normalized spacial score (nSPS) is 39.2. The number of ether oxygens (including phenoxy) is 1. The smallest absolute Gasteiger partial charge is 0.0666 e. The summed E-state index contributed by atoms with van der Waals surface area (Å²) in [6.45, 7) is 5.12. The van der Waals surface area contributed by atoms with Gasteiger partial charge in [-0.25, -0.2) is 0 Å². The third-order valence-electron chi connectivity index (χ3n) is 5.84. The van der Waals surface area contributed by atoms with Gasteiger partial charge in [0, 0.05) is 12.3 Å². The Labute approximate surface area is 129 Å². The number of nitrogens with two attached hydrogens (primary N) is 1. The van der Waals surface area contributed by atoms with Crippen molar-refractivity contribution in [2.75, 3.05) is 6.54 Å². The van der Waals surface area contributed by atoms with E-state index in [0.717, 1.165) is 24.8 Å². The van der Waals surface area contributed by atoms with Crippen LogP contribution < -0.4 is 5.73 Å². The summed E-state index contributed by atoms with van der Waals surface area (Å²) < 4.78 is 5.81. The van der Waals surface area contributed by atoms with Gasteiger partial charge in [-0.1, -0.05) is 37.1 Å². The second-order valence-corrected chi connectivity index (χ2v) is 7.46. The van der Waals surface area contributed by atoms with Crippen molar-refractivity contribution in [3.8, 4) is 0 Å². The van der Waals surface area contributed by atoms with E-state index < -0.39 is 0 Å². The van der Waals surface area contributed by atoms with E-state index in [0.29, 0.717) is 18.1 Å². The first-order valence-corrected chi connectivity index (χ1v) is 8.96. The fourth-order valence-corrected chi connectivity index (χ4v) is 4.35. The highest BCUT2D eigenvalue weighted by molar-refractivity contribution is 5.17. The summed E-state index contributed by atoms with van der Waals surface area (Å²) in [4.78, 5) is 0. The Hall–Kier alpha value is -0.600. The lowest BCUT2D eigenvalue weighted by molar-refractivity contribution is -0.175. The maximum Gasteiger partial charge on any atom is 0.0666 e. The predicted molar refractivity (Wildman–Crippen MR) is 88.0 cm³/mol. The van der Waals surface area contributed by atoms with E-state index >= 15 is 0 Å². The highest BCUT2D eigenvalue weighted by Crippen LogP contribution is 2.39. The molecule has 2 heteroatoms. The van der Waals surface area contributed by atoms with Gasteiger partial charge in [0.05, 0.1) is 12.2 Å². The minimum atomic E-state index is 0.511. The largest absolute Gasteiger partial charge is 0.374 e. The molecule has 0 radical (unpaired) electrons. The quantitative estimate of drug-likeness (QED) is 0.743. The van der Waals surface area contributed by atoms with E-state index in [-0.39, 0.29) is 0 Å². The molecule has 2 heterocycles. The van der Waals surface area contributed by atoms with Crippen LogP contribution in [0.5, 0.6) is 0 Å². The second kappa shape index (κ2) is 7.11. The van der Waals surface area contributed by atoms with Crippen LogP contribution >= 0.6 is 0 Å². The minimum absolute atomic E-state index is 0.511. The van der Waals surface area contributed by atoms with Gasteiger partial charge in [0.2, 0.25) is 0 Å². The zero-order chi connectivity index (χ0) is 14.7. The fraction of sp³-hybridized carbons (Fsp3) is 0.789. The summed E-state index contributed by atoms with van der Waals surface area (Å²) in [5.41, 5.74) is 7.13. The van der Waals surface area contributed by atoms with Gasteiger partial charge in [0.25, 0.3) is 0 Å². The van der Waals surface area contributed by atoms with Gasteiger partial charge in [-0.3, -0.25) is 0 Å². The topological polar surface area (TPSA) is 35.2 Å². The third-order valence-corrected chi connectivity index (χ3v) is 5.84. The van der Waals surface area contributed by atoms with Crippen LogP contribution in [0.2, 0.25) is 0 Å². The van der Waals surface area contributed by atoms with E-state index in [9.17, 15) is 0 Å². The van der Waals surface area contributed by atoms with E-state index in [1.807, 2.05) is 0 Å². The number of allylic oxidation sites excluding steroid dienone is 2. The summed E-state index contributed by atoms with van der Waals surface area (Å²) in [5, 5.41) is 0. The number of hydrogen-bond donors (Lipinski definition) is 1. The first-order valence-electron chi connectivity index (χ1n) is 8.96. The van der Waals surface area contributed by atoms with Gasteiger partial charge >= 0.3 is 0 Å². The van der Waals surface area contributed by atoms with E-state index in [2.05, 4.69) is 18.7 Å². The Morgan fingerprint density at radius 2 is 1.95 bits per heavy atom. The molecule has 2 bridgehead atoms. The zero-order valence-electron chi connectivity index (χ0n) is 13.3. The second-order valence-electron chi connectivity index (χ2n) is 7.46. The molecule has 2 N–H and O–H groups in total. The molecule has 0 aromatic carbocycles. The molecule has 4 rings (SSSR count).